The Labute approximate surface area is 170 Å². The van der Waals surface area contributed by atoms with Crippen LogP contribution in [0, 0.1) is 5.92 Å². The molecule has 3 aliphatic rings. The van der Waals surface area contributed by atoms with Gasteiger partial charge in [-0.15, -0.1) is 0 Å². The van der Waals surface area contributed by atoms with Crippen LogP contribution in [0.2, 0.25) is 0 Å². The summed E-state index contributed by atoms with van der Waals surface area (Å²) in [5.41, 5.74) is 3.04. The molecule has 3 atom stereocenters. The molecule has 0 saturated carbocycles. The summed E-state index contributed by atoms with van der Waals surface area (Å²) in [4.78, 5) is 31.3. The summed E-state index contributed by atoms with van der Waals surface area (Å²) in [6.45, 7) is 6.01. The van der Waals surface area contributed by atoms with Crippen molar-refractivity contribution in [3.05, 3.63) is 47.2 Å². The molecule has 4 heterocycles. The Balaban J connectivity index is 2.03. The molecule has 29 heavy (non-hydrogen) atoms. The molecule has 2 aromatic rings. The van der Waals surface area contributed by atoms with Gasteiger partial charge in [-0.3, -0.25) is 14.5 Å². The van der Waals surface area contributed by atoms with Crippen molar-refractivity contribution in [1.82, 2.24) is 9.88 Å². The molecule has 5 rings (SSSR count). The second-order valence-electron chi connectivity index (χ2n) is 8.00. The number of aromatic amines is 1. The Morgan fingerprint density at radius 3 is 2.83 bits per heavy atom. The molecule has 6 heteroatoms. The molecule has 0 radical (unpaired) electrons. The summed E-state index contributed by atoms with van der Waals surface area (Å²) >= 11 is 0. The number of esters is 2. The predicted octanol–water partition coefficient (Wildman–Crippen LogP) is 2.97. The summed E-state index contributed by atoms with van der Waals surface area (Å²) in [5, 5.41) is 1.11. The monoisotopic (exact) mass is 396 g/mol. The Hall–Kier alpha value is -2.60. The fraction of sp³-hybridized carbons (Fsp3) is 0.478. The highest BCUT2D eigenvalue weighted by Crippen LogP contribution is 2.46. The van der Waals surface area contributed by atoms with Gasteiger partial charge in [-0.25, -0.2) is 0 Å². The third-order valence-corrected chi connectivity index (χ3v) is 6.54. The summed E-state index contributed by atoms with van der Waals surface area (Å²) in [6.07, 6.45) is 3.74. The first-order valence-corrected chi connectivity index (χ1v) is 10.2. The van der Waals surface area contributed by atoms with Gasteiger partial charge in [-0.2, -0.15) is 0 Å². The molecule has 1 aromatic carbocycles. The van der Waals surface area contributed by atoms with Crippen molar-refractivity contribution in [2.75, 3.05) is 33.4 Å². The maximum absolute atomic E-state index is 13.5. The van der Waals surface area contributed by atoms with Gasteiger partial charge in [0, 0.05) is 42.5 Å². The highest BCUT2D eigenvalue weighted by Gasteiger charge is 2.54. The van der Waals surface area contributed by atoms with Crippen molar-refractivity contribution in [2.24, 2.45) is 5.92 Å². The Morgan fingerprint density at radius 2 is 2.10 bits per heavy atom. The Bertz CT molecular complexity index is 976. The third-order valence-electron chi connectivity index (χ3n) is 6.54. The minimum Gasteiger partial charge on any atom is -0.468 e. The van der Waals surface area contributed by atoms with Crippen molar-refractivity contribution in [3.8, 4) is 0 Å². The van der Waals surface area contributed by atoms with Gasteiger partial charge in [0.1, 0.15) is 12.0 Å². The van der Waals surface area contributed by atoms with Crippen LogP contribution in [0.3, 0.4) is 0 Å². The topological polar surface area (TPSA) is 71.6 Å². The lowest BCUT2D eigenvalue weighted by Gasteiger charge is -2.42. The van der Waals surface area contributed by atoms with E-state index in [1.54, 1.807) is 0 Å². The minimum absolute atomic E-state index is 0.0309. The van der Waals surface area contributed by atoms with Crippen LogP contribution in [-0.4, -0.2) is 55.2 Å². The van der Waals surface area contributed by atoms with Gasteiger partial charge >= 0.3 is 11.9 Å². The number of para-hydroxylation sites is 1. The van der Waals surface area contributed by atoms with Gasteiger partial charge in [0.05, 0.1) is 7.11 Å². The zero-order chi connectivity index (χ0) is 20.6. The third kappa shape index (κ3) is 3.15. The summed E-state index contributed by atoms with van der Waals surface area (Å²) in [7, 11) is 1.41. The number of piperidine rings is 1. The number of aromatic nitrogens is 1. The van der Waals surface area contributed by atoms with Crippen LogP contribution in [0.5, 0.6) is 0 Å². The van der Waals surface area contributed by atoms with E-state index >= 15 is 0 Å². The van der Waals surface area contributed by atoms with E-state index in [9.17, 15) is 9.59 Å². The molecule has 1 aromatic heterocycles. The van der Waals surface area contributed by atoms with Crippen LogP contribution in [0.1, 0.15) is 31.5 Å². The number of methoxy groups -OCH3 is 1. The molecule has 1 fully saturated rings. The van der Waals surface area contributed by atoms with Crippen molar-refractivity contribution in [1.29, 1.82) is 0 Å². The molecule has 1 saturated heterocycles. The Kier molecular flexibility index (Phi) is 5.21. The first-order chi connectivity index (χ1) is 14.0. The number of benzene rings is 1. The number of rotatable bonds is 3. The molecule has 0 aliphatic carbocycles. The lowest BCUT2D eigenvalue weighted by Crippen LogP contribution is -2.52. The van der Waals surface area contributed by atoms with Gasteiger partial charge in [-0.05, 0) is 37.9 Å². The highest BCUT2D eigenvalue weighted by atomic mass is 16.5. The van der Waals surface area contributed by atoms with E-state index in [-0.39, 0.29) is 18.5 Å². The summed E-state index contributed by atoms with van der Waals surface area (Å²) in [6, 6.07) is 8.11. The number of H-pyrrole nitrogens is 1. The van der Waals surface area contributed by atoms with Gasteiger partial charge in [-0.1, -0.05) is 29.8 Å². The molecule has 3 aliphatic heterocycles. The van der Waals surface area contributed by atoms with E-state index in [1.165, 1.54) is 19.6 Å². The van der Waals surface area contributed by atoms with Crippen molar-refractivity contribution >= 4 is 22.8 Å². The molecule has 0 amide bonds. The van der Waals surface area contributed by atoms with Crippen LogP contribution in [0.4, 0.5) is 0 Å². The second-order valence-corrected chi connectivity index (χ2v) is 8.00. The lowest BCUT2D eigenvalue weighted by atomic mass is 9.66. The molecule has 6 nitrogen and oxygen atoms in total. The molecule has 2 bridgehead atoms. The van der Waals surface area contributed by atoms with Gasteiger partial charge < -0.3 is 14.5 Å². The number of allylic oxidation sites excluding steroid dienone is 1. The molecule has 0 spiro atoms. The van der Waals surface area contributed by atoms with Crippen molar-refractivity contribution < 1.29 is 19.1 Å². The minimum atomic E-state index is -1.09. The molecule has 2 unspecified atom stereocenters. The average Bonchev–Trinajstić information content (AvgIpc) is 3.14. The first-order valence-electron chi connectivity index (χ1n) is 10.2. The predicted molar refractivity (Wildman–Crippen MR) is 111 cm³/mol. The average molecular weight is 396 g/mol. The SMILES string of the molecule is C/C=C1/CN2CCc3c([nH]c4ccccc34)[C@@](COC(C)=O)(C(=O)OC)C1CC2. The molecule has 1 N–H and O–H groups in total. The van der Waals surface area contributed by atoms with E-state index in [0.717, 1.165) is 54.6 Å². The second kappa shape index (κ2) is 7.67. The van der Waals surface area contributed by atoms with Gasteiger partial charge in [0.2, 0.25) is 0 Å². The molecular formula is C23H28N2O4. The van der Waals surface area contributed by atoms with Gasteiger partial charge in [0.25, 0.3) is 0 Å². The number of fused-ring (bicyclic) bond motifs is 4. The lowest BCUT2D eigenvalue weighted by molar-refractivity contribution is -0.157. The maximum atomic E-state index is 13.5. The summed E-state index contributed by atoms with van der Waals surface area (Å²) < 4.78 is 10.9. The van der Waals surface area contributed by atoms with E-state index in [2.05, 4.69) is 22.0 Å². The largest absolute Gasteiger partial charge is 0.468 e. The van der Waals surface area contributed by atoms with E-state index in [0.29, 0.717) is 0 Å². The zero-order valence-corrected chi connectivity index (χ0v) is 17.3. The first kappa shape index (κ1) is 19.7. The zero-order valence-electron chi connectivity index (χ0n) is 17.3. The number of hydrogen-bond donors (Lipinski definition) is 1. The van der Waals surface area contributed by atoms with Crippen LogP contribution in [-0.2, 0) is 30.9 Å². The number of nitrogens with zero attached hydrogens (tertiary/aromatic N) is 1. The number of carbonyl (C=O) groups excluding carboxylic acids is 2. The Morgan fingerprint density at radius 1 is 1.31 bits per heavy atom. The quantitative estimate of drug-likeness (QED) is 0.638. The van der Waals surface area contributed by atoms with Crippen LogP contribution < -0.4 is 0 Å². The van der Waals surface area contributed by atoms with Crippen LogP contribution in [0.25, 0.3) is 10.9 Å². The summed E-state index contributed by atoms with van der Waals surface area (Å²) in [5.74, 6) is -0.850. The number of hydrogen-bond acceptors (Lipinski definition) is 5. The number of ether oxygens (including phenoxy) is 2. The van der Waals surface area contributed by atoms with E-state index in [4.69, 9.17) is 9.47 Å². The number of carbonyl (C=O) groups is 2. The molecular weight excluding hydrogens is 368 g/mol. The van der Waals surface area contributed by atoms with Gasteiger partial charge in [0.15, 0.2) is 0 Å². The van der Waals surface area contributed by atoms with Crippen molar-refractivity contribution in [3.63, 3.8) is 0 Å². The number of nitrogens with one attached hydrogen (secondary N) is 1. The maximum Gasteiger partial charge on any atom is 0.321 e. The van der Waals surface area contributed by atoms with Crippen LogP contribution >= 0.6 is 0 Å². The van der Waals surface area contributed by atoms with Crippen LogP contribution in [0.15, 0.2) is 35.9 Å². The molecule has 154 valence electrons. The van der Waals surface area contributed by atoms with Crippen molar-refractivity contribution in [2.45, 2.75) is 32.1 Å². The smallest absolute Gasteiger partial charge is 0.321 e. The normalized spacial score (nSPS) is 27.8. The standard InChI is InChI=1S/C23H28N2O4/c1-4-16-13-25-11-9-18-17-7-5-6-8-20(17)24-21(18)23(22(27)28-3,14-29-15(2)26)19(16)10-12-25/h4-8,19,24H,9-14H2,1-3H3/b16-4-/t19?,23-/m0/s1. The van der Waals surface area contributed by atoms with E-state index < -0.39 is 11.4 Å². The highest BCUT2D eigenvalue weighted by molar-refractivity contribution is 5.91. The fourth-order valence-electron chi connectivity index (χ4n) is 5.15. The fourth-order valence-corrected chi connectivity index (χ4v) is 5.15. The van der Waals surface area contributed by atoms with E-state index in [1.807, 2.05) is 25.1 Å².